The summed E-state index contributed by atoms with van der Waals surface area (Å²) in [6, 6.07) is 2.25. The Hall–Kier alpha value is -2.00. The van der Waals surface area contributed by atoms with Crippen molar-refractivity contribution >= 4 is 21.6 Å². The molecule has 5 nitrogen and oxygen atoms in total. The van der Waals surface area contributed by atoms with E-state index in [0.717, 1.165) is 12.3 Å². The number of likely N-dealkylation sites (tertiary alicyclic amines) is 1. The Morgan fingerprint density at radius 3 is 2.05 bits per heavy atom. The molecule has 2 saturated heterocycles. The number of alkyl halides is 6. The van der Waals surface area contributed by atoms with E-state index in [0.29, 0.717) is 51.2 Å². The smallest absolute Gasteiger partial charge is 0.369 e. The third kappa shape index (κ3) is 4.79. The van der Waals surface area contributed by atoms with Crippen LogP contribution >= 0.6 is 11.6 Å². The first-order valence-electron chi connectivity index (χ1n) is 12.1. The molecule has 0 amide bonds. The molecule has 5 rings (SSSR count). The van der Waals surface area contributed by atoms with Gasteiger partial charge in [-0.2, -0.15) is 26.3 Å². The van der Waals surface area contributed by atoms with Crippen molar-refractivity contribution in [3.05, 3.63) is 57.6 Å². The van der Waals surface area contributed by atoms with Gasteiger partial charge in [-0.05, 0) is 30.9 Å². The van der Waals surface area contributed by atoms with Crippen LogP contribution in [0.25, 0.3) is 11.1 Å². The number of hydrogen-bond donors (Lipinski definition) is 1. The molecule has 0 atom stereocenters. The van der Waals surface area contributed by atoms with Crippen LogP contribution in [0.15, 0.2) is 24.3 Å². The average molecular weight is 619 g/mol. The average Bonchev–Trinajstić information content (AvgIpc) is 3.58. The highest BCUT2D eigenvalue weighted by atomic mass is 35.5. The van der Waals surface area contributed by atoms with Gasteiger partial charge in [0.1, 0.15) is 11.6 Å². The van der Waals surface area contributed by atoms with Crippen molar-refractivity contribution in [1.29, 1.82) is 0 Å². The number of hydrogen-bond acceptors (Lipinski definition) is 4. The standard InChI is InChI=1S/C25H23ClF8N2O3S/c1-40(38,39)36-11-22(12-36)9-35(10-22)8-14-6-18(27)20(19(21(14)28)13-2-3-13)16-5-4-15(7-17(16)26)23(37,24(29,30)31)25(32,33)34/h4-7,13,37H,2-3,8-12H2,1H3. The van der Waals surface area contributed by atoms with E-state index in [1.54, 1.807) is 0 Å². The lowest BCUT2D eigenvalue weighted by Crippen LogP contribution is -2.72. The van der Waals surface area contributed by atoms with E-state index in [1.807, 2.05) is 4.90 Å². The van der Waals surface area contributed by atoms with Gasteiger partial charge in [-0.15, -0.1) is 0 Å². The molecule has 3 aliphatic rings. The lowest BCUT2D eigenvalue weighted by Gasteiger charge is -2.59. The van der Waals surface area contributed by atoms with Crippen LogP contribution in [0.1, 0.15) is 35.4 Å². The van der Waals surface area contributed by atoms with E-state index >= 15 is 8.78 Å². The summed E-state index contributed by atoms with van der Waals surface area (Å²) in [4.78, 5) is 1.84. The van der Waals surface area contributed by atoms with Crippen LogP contribution < -0.4 is 0 Å². The van der Waals surface area contributed by atoms with Crippen molar-refractivity contribution in [3.8, 4) is 11.1 Å². The molecular formula is C25H23ClF8N2O3S. The highest BCUT2D eigenvalue weighted by Crippen LogP contribution is 2.53. The maximum atomic E-state index is 15.8. The van der Waals surface area contributed by atoms with Gasteiger partial charge in [0.15, 0.2) is 0 Å². The molecule has 2 aromatic rings. The molecular weight excluding hydrogens is 596 g/mol. The van der Waals surface area contributed by atoms with Crippen molar-refractivity contribution in [2.24, 2.45) is 5.41 Å². The van der Waals surface area contributed by atoms with E-state index < -0.39 is 56.1 Å². The summed E-state index contributed by atoms with van der Waals surface area (Å²) in [6.45, 7) is 1.68. The molecule has 2 heterocycles. The fourth-order valence-electron chi connectivity index (χ4n) is 5.67. The monoisotopic (exact) mass is 618 g/mol. The third-order valence-electron chi connectivity index (χ3n) is 7.79. The molecule has 2 aromatic carbocycles. The van der Waals surface area contributed by atoms with Crippen LogP contribution in [-0.4, -0.2) is 67.5 Å². The summed E-state index contributed by atoms with van der Waals surface area (Å²) < 4.78 is 136. The first-order valence-corrected chi connectivity index (χ1v) is 14.3. The second-order valence-corrected chi connectivity index (χ2v) is 13.4. The first-order chi connectivity index (χ1) is 18.3. The zero-order valence-electron chi connectivity index (χ0n) is 20.8. The van der Waals surface area contributed by atoms with Crippen LogP contribution in [0.5, 0.6) is 0 Å². The van der Waals surface area contributed by atoms with Gasteiger partial charge in [0.05, 0.1) is 6.26 Å². The van der Waals surface area contributed by atoms with Gasteiger partial charge in [0.25, 0.3) is 5.60 Å². The van der Waals surface area contributed by atoms with Crippen LogP contribution in [0.2, 0.25) is 5.02 Å². The molecule has 1 N–H and O–H groups in total. The van der Waals surface area contributed by atoms with Crippen LogP contribution in [0.3, 0.4) is 0 Å². The van der Waals surface area contributed by atoms with Crippen molar-refractivity contribution in [3.63, 3.8) is 0 Å². The Kier molecular flexibility index (Phi) is 6.82. The van der Waals surface area contributed by atoms with Gasteiger partial charge in [0, 0.05) is 71.0 Å². The third-order valence-corrected chi connectivity index (χ3v) is 9.30. The second kappa shape index (κ2) is 9.25. The Morgan fingerprint density at radius 1 is 1.00 bits per heavy atom. The Balaban J connectivity index is 1.45. The highest BCUT2D eigenvalue weighted by molar-refractivity contribution is 7.88. The summed E-state index contributed by atoms with van der Waals surface area (Å²) in [5, 5.41) is 8.96. The van der Waals surface area contributed by atoms with Crippen LogP contribution in [0, 0.1) is 17.0 Å². The predicted octanol–water partition coefficient (Wildman–Crippen LogP) is 5.55. The molecule has 1 saturated carbocycles. The largest absolute Gasteiger partial charge is 0.430 e. The molecule has 0 unspecified atom stereocenters. The van der Waals surface area contributed by atoms with Gasteiger partial charge < -0.3 is 5.11 Å². The number of nitrogens with zero attached hydrogens (tertiary/aromatic N) is 2. The molecule has 0 aromatic heterocycles. The summed E-state index contributed by atoms with van der Waals surface area (Å²) in [5.74, 6) is -2.11. The Bertz CT molecular complexity index is 1450. The molecule has 2 aliphatic heterocycles. The van der Waals surface area contributed by atoms with E-state index in [9.17, 15) is 39.9 Å². The number of benzene rings is 2. The van der Waals surface area contributed by atoms with Crippen LogP contribution in [-0.2, 0) is 22.2 Å². The molecule has 40 heavy (non-hydrogen) atoms. The van der Waals surface area contributed by atoms with E-state index in [-0.39, 0.29) is 40.3 Å². The topological polar surface area (TPSA) is 60.9 Å². The lowest BCUT2D eigenvalue weighted by atomic mass is 9.74. The fourth-order valence-corrected chi connectivity index (χ4v) is 6.96. The first kappa shape index (κ1) is 29.5. The number of sulfonamides is 1. The summed E-state index contributed by atoms with van der Waals surface area (Å²) >= 11 is 6.05. The molecule has 1 aliphatic carbocycles. The van der Waals surface area contributed by atoms with Crippen LogP contribution in [0.4, 0.5) is 35.1 Å². The number of halogens is 9. The minimum atomic E-state index is -6.13. The van der Waals surface area contributed by atoms with Gasteiger partial charge >= 0.3 is 12.4 Å². The SMILES string of the molecule is CS(=O)(=O)N1CC2(CN(Cc3cc(F)c(-c4ccc(C(O)(C(F)(F)F)C(F)(F)F)cc4Cl)c(C4CC4)c3F)C2)C1. The molecule has 15 heteroatoms. The maximum Gasteiger partial charge on any atom is 0.430 e. The molecule has 0 radical (unpaired) electrons. The second-order valence-electron chi connectivity index (χ2n) is 11.0. The van der Waals surface area contributed by atoms with Gasteiger partial charge in [-0.3, -0.25) is 4.90 Å². The number of aliphatic hydroxyl groups is 1. The van der Waals surface area contributed by atoms with Crippen molar-refractivity contribution in [2.45, 2.75) is 43.3 Å². The van der Waals surface area contributed by atoms with Crippen molar-refractivity contribution in [2.75, 3.05) is 32.4 Å². The number of rotatable bonds is 6. The maximum absolute atomic E-state index is 15.8. The normalized spacial score (nSPS) is 20.5. The quantitative estimate of drug-likeness (QED) is 0.432. The molecule has 1 spiro atoms. The Labute approximate surface area is 229 Å². The van der Waals surface area contributed by atoms with Gasteiger partial charge in [-0.1, -0.05) is 23.7 Å². The van der Waals surface area contributed by atoms with Crippen molar-refractivity contribution in [1.82, 2.24) is 9.21 Å². The predicted molar refractivity (Wildman–Crippen MR) is 129 cm³/mol. The lowest BCUT2D eigenvalue weighted by molar-refractivity contribution is -0.376. The molecule has 3 fully saturated rings. The van der Waals surface area contributed by atoms with E-state index in [4.69, 9.17) is 11.6 Å². The van der Waals surface area contributed by atoms with Gasteiger partial charge in [0.2, 0.25) is 10.0 Å². The minimum absolute atomic E-state index is 0.0218. The minimum Gasteiger partial charge on any atom is -0.369 e. The zero-order chi connectivity index (χ0) is 29.6. The summed E-state index contributed by atoms with van der Waals surface area (Å²) in [6.07, 6.45) is -10.2. The Morgan fingerprint density at radius 2 is 1.57 bits per heavy atom. The highest BCUT2D eigenvalue weighted by Gasteiger charge is 2.71. The molecule has 220 valence electrons. The van der Waals surface area contributed by atoms with Crippen molar-refractivity contribution < 1.29 is 48.6 Å². The molecule has 0 bridgehead atoms. The summed E-state index contributed by atoms with van der Waals surface area (Å²) in [7, 11) is -3.30. The zero-order valence-corrected chi connectivity index (χ0v) is 22.4. The van der Waals surface area contributed by atoms with E-state index in [1.165, 1.54) is 4.31 Å². The summed E-state index contributed by atoms with van der Waals surface area (Å²) in [5.41, 5.74) is -7.76. The van der Waals surface area contributed by atoms with E-state index in [2.05, 4.69) is 0 Å². The van der Waals surface area contributed by atoms with Gasteiger partial charge in [-0.25, -0.2) is 21.5 Å². The fraction of sp³-hybridized carbons (Fsp3) is 0.520.